The van der Waals surface area contributed by atoms with Crippen molar-refractivity contribution in [2.24, 2.45) is 0 Å². The lowest BCUT2D eigenvalue weighted by Gasteiger charge is -2.29. The molecule has 2 aromatic rings. The Morgan fingerprint density at radius 3 is 2.64 bits per heavy atom. The lowest BCUT2D eigenvalue weighted by atomic mass is 9.91. The Kier molecular flexibility index (Phi) is 4.43. The van der Waals surface area contributed by atoms with Crippen LogP contribution in [0.3, 0.4) is 0 Å². The van der Waals surface area contributed by atoms with Crippen LogP contribution in [0.4, 0.5) is 0 Å². The molecule has 2 aromatic heterocycles. The van der Waals surface area contributed by atoms with Crippen molar-refractivity contribution in [1.82, 2.24) is 20.1 Å². The molecule has 0 unspecified atom stereocenters. The van der Waals surface area contributed by atoms with E-state index in [0.29, 0.717) is 16.8 Å². The highest BCUT2D eigenvalue weighted by atomic mass is 35.5. The minimum Gasteiger partial charge on any atom is -0.348 e. The van der Waals surface area contributed by atoms with Crippen molar-refractivity contribution < 1.29 is 4.79 Å². The molecule has 1 N–H and O–H groups in total. The van der Waals surface area contributed by atoms with Gasteiger partial charge in [-0.3, -0.25) is 9.48 Å². The van der Waals surface area contributed by atoms with E-state index >= 15 is 0 Å². The van der Waals surface area contributed by atoms with Crippen molar-refractivity contribution >= 4 is 17.5 Å². The van der Waals surface area contributed by atoms with Crippen LogP contribution in [0.15, 0.2) is 30.7 Å². The number of aromatic nitrogens is 3. The zero-order valence-corrected chi connectivity index (χ0v) is 13.3. The molecule has 1 aliphatic carbocycles. The van der Waals surface area contributed by atoms with Crippen LogP contribution in [0.5, 0.6) is 0 Å². The summed E-state index contributed by atoms with van der Waals surface area (Å²) in [6.45, 7) is 2.05. The van der Waals surface area contributed by atoms with Crippen molar-refractivity contribution in [3.8, 4) is 0 Å². The summed E-state index contributed by atoms with van der Waals surface area (Å²) in [5.41, 5.74) is 1.60. The standard InChI is InChI=1S/C16H19ClN4O/c1-11-8-19-21(10-11)14-5-3-13(4-6-14)20-16(22)15-7-2-12(17)9-18-15/h2,7-10,13-14H,3-6H2,1H3,(H,20,22). The second-order valence-corrected chi connectivity index (χ2v) is 6.27. The number of rotatable bonds is 3. The first-order valence-corrected chi connectivity index (χ1v) is 7.93. The molecule has 1 saturated carbocycles. The number of nitrogens with zero attached hydrogens (tertiary/aromatic N) is 3. The van der Waals surface area contributed by atoms with Crippen LogP contribution < -0.4 is 5.32 Å². The summed E-state index contributed by atoms with van der Waals surface area (Å²) in [4.78, 5) is 16.2. The second-order valence-electron chi connectivity index (χ2n) is 5.84. The maximum absolute atomic E-state index is 12.1. The molecule has 0 aromatic carbocycles. The Morgan fingerprint density at radius 1 is 1.27 bits per heavy atom. The van der Waals surface area contributed by atoms with Gasteiger partial charge >= 0.3 is 0 Å². The number of hydrogen-bond acceptors (Lipinski definition) is 3. The van der Waals surface area contributed by atoms with Crippen molar-refractivity contribution in [3.05, 3.63) is 47.0 Å². The molecule has 22 heavy (non-hydrogen) atoms. The van der Waals surface area contributed by atoms with Gasteiger partial charge in [0.2, 0.25) is 0 Å². The van der Waals surface area contributed by atoms with E-state index in [4.69, 9.17) is 11.6 Å². The fourth-order valence-corrected chi connectivity index (χ4v) is 3.00. The smallest absolute Gasteiger partial charge is 0.270 e. The van der Waals surface area contributed by atoms with E-state index in [2.05, 4.69) is 28.5 Å². The van der Waals surface area contributed by atoms with Gasteiger partial charge in [0.05, 0.1) is 17.3 Å². The Balaban J connectivity index is 1.53. The van der Waals surface area contributed by atoms with Gasteiger partial charge in [-0.25, -0.2) is 4.98 Å². The highest BCUT2D eigenvalue weighted by Crippen LogP contribution is 2.28. The average Bonchev–Trinajstić information content (AvgIpc) is 2.95. The van der Waals surface area contributed by atoms with Gasteiger partial charge in [0.15, 0.2) is 0 Å². The van der Waals surface area contributed by atoms with Crippen LogP contribution in [0.2, 0.25) is 5.02 Å². The molecule has 0 atom stereocenters. The van der Waals surface area contributed by atoms with E-state index in [1.54, 1.807) is 12.1 Å². The predicted molar refractivity (Wildman–Crippen MR) is 85.0 cm³/mol. The molecule has 2 heterocycles. The van der Waals surface area contributed by atoms with E-state index in [9.17, 15) is 4.79 Å². The Hall–Kier alpha value is -1.88. The second kappa shape index (κ2) is 6.48. The van der Waals surface area contributed by atoms with E-state index in [0.717, 1.165) is 25.7 Å². The normalized spacial score (nSPS) is 21.5. The fraction of sp³-hybridized carbons (Fsp3) is 0.438. The number of hydrogen-bond donors (Lipinski definition) is 1. The molecule has 6 heteroatoms. The molecule has 0 spiro atoms. The molecule has 116 valence electrons. The molecular formula is C16H19ClN4O. The molecule has 5 nitrogen and oxygen atoms in total. The maximum atomic E-state index is 12.1. The zero-order chi connectivity index (χ0) is 15.5. The Morgan fingerprint density at radius 2 is 2.05 bits per heavy atom. The lowest BCUT2D eigenvalue weighted by molar-refractivity contribution is 0.0916. The average molecular weight is 319 g/mol. The third kappa shape index (κ3) is 3.47. The van der Waals surface area contributed by atoms with Gasteiger partial charge in [-0.15, -0.1) is 0 Å². The first kappa shape index (κ1) is 15.0. The number of carbonyl (C=O) groups is 1. The number of halogens is 1. The SMILES string of the molecule is Cc1cnn(C2CCC(NC(=O)c3ccc(Cl)cn3)CC2)c1. The predicted octanol–water partition coefficient (Wildman–Crippen LogP) is 3.15. The summed E-state index contributed by atoms with van der Waals surface area (Å²) in [7, 11) is 0. The van der Waals surface area contributed by atoms with Crippen LogP contribution in [-0.4, -0.2) is 26.7 Å². The molecule has 0 radical (unpaired) electrons. The van der Waals surface area contributed by atoms with Crippen LogP contribution in [0.25, 0.3) is 0 Å². The fourth-order valence-electron chi connectivity index (χ4n) is 2.89. The molecule has 0 aliphatic heterocycles. The highest BCUT2D eigenvalue weighted by molar-refractivity contribution is 6.30. The van der Waals surface area contributed by atoms with Crippen molar-refractivity contribution in [2.45, 2.75) is 44.7 Å². The minimum absolute atomic E-state index is 0.130. The summed E-state index contributed by atoms with van der Waals surface area (Å²) in [5.74, 6) is -0.130. The van der Waals surface area contributed by atoms with Crippen LogP contribution >= 0.6 is 11.6 Å². The summed E-state index contributed by atoms with van der Waals surface area (Å²) >= 11 is 5.78. The largest absolute Gasteiger partial charge is 0.348 e. The molecule has 1 aliphatic rings. The molecule has 0 saturated heterocycles. The van der Waals surface area contributed by atoms with E-state index in [-0.39, 0.29) is 11.9 Å². The Labute approximate surface area is 134 Å². The molecule has 3 rings (SSSR count). The monoisotopic (exact) mass is 318 g/mol. The van der Waals surface area contributed by atoms with Gasteiger partial charge in [0.25, 0.3) is 5.91 Å². The highest BCUT2D eigenvalue weighted by Gasteiger charge is 2.24. The topological polar surface area (TPSA) is 59.8 Å². The number of aryl methyl sites for hydroxylation is 1. The molecule has 1 amide bonds. The third-order valence-electron chi connectivity index (χ3n) is 4.10. The van der Waals surface area contributed by atoms with Gasteiger partial charge in [-0.05, 0) is 50.3 Å². The number of nitrogens with one attached hydrogen (secondary N) is 1. The van der Waals surface area contributed by atoms with Crippen molar-refractivity contribution in [3.63, 3.8) is 0 Å². The van der Waals surface area contributed by atoms with Gasteiger partial charge in [0.1, 0.15) is 5.69 Å². The minimum atomic E-state index is -0.130. The molecule has 1 fully saturated rings. The molecule has 0 bridgehead atoms. The van der Waals surface area contributed by atoms with Gasteiger partial charge in [0, 0.05) is 18.4 Å². The number of amides is 1. The summed E-state index contributed by atoms with van der Waals surface area (Å²) < 4.78 is 2.05. The quantitative estimate of drug-likeness (QED) is 0.945. The summed E-state index contributed by atoms with van der Waals surface area (Å²) in [5, 5.41) is 7.98. The number of pyridine rings is 1. The van der Waals surface area contributed by atoms with Crippen molar-refractivity contribution in [1.29, 1.82) is 0 Å². The van der Waals surface area contributed by atoms with Crippen molar-refractivity contribution in [2.75, 3.05) is 0 Å². The van der Waals surface area contributed by atoms with Gasteiger partial charge < -0.3 is 5.32 Å². The van der Waals surface area contributed by atoms with Crippen LogP contribution in [0, 0.1) is 6.92 Å². The summed E-state index contributed by atoms with van der Waals surface area (Å²) in [6.07, 6.45) is 9.45. The van der Waals surface area contributed by atoms with Crippen LogP contribution in [-0.2, 0) is 0 Å². The van der Waals surface area contributed by atoms with Gasteiger partial charge in [-0.1, -0.05) is 11.6 Å². The van der Waals surface area contributed by atoms with E-state index < -0.39 is 0 Å². The lowest BCUT2D eigenvalue weighted by Crippen LogP contribution is -2.38. The first-order valence-electron chi connectivity index (χ1n) is 7.55. The summed E-state index contributed by atoms with van der Waals surface area (Å²) in [6, 6.07) is 3.98. The maximum Gasteiger partial charge on any atom is 0.270 e. The first-order chi connectivity index (χ1) is 10.6. The number of carbonyl (C=O) groups excluding carboxylic acids is 1. The van der Waals surface area contributed by atoms with E-state index in [1.807, 2.05) is 10.9 Å². The van der Waals surface area contributed by atoms with Crippen LogP contribution in [0.1, 0.15) is 47.8 Å². The molecular weight excluding hydrogens is 300 g/mol. The third-order valence-corrected chi connectivity index (χ3v) is 4.32. The Bertz CT molecular complexity index is 644. The van der Waals surface area contributed by atoms with E-state index in [1.165, 1.54) is 11.8 Å². The van der Waals surface area contributed by atoms with Gasteiger partial charge in [-0.2, -0.15) is 5.10 Å². The zero-order valence-electron chi connectivity index (χ0n) is 12.5.